The van der Waals surface area contributed by atoms with E-state index in [1.165, 1.54) is 31.2 Å². The lowest BCUT2D eigenvalue weighted by atomic mass is 9.93. The Labute approximate surface area is 166 Å². The van der Waals surface area contributed by atoms with E-state index in [-0.39, 0.29) is 0 Å². The Hall–Kier alpha value is -2.95. The number of aromatic nitrogens is 3. The molecule has 3 aromatic rings. The number of benzene rings is 1. The summed E-state index contributed by atoms with van der Waals surface area (Å²) < 4.78 is 6.01. The van der Waals surface area contributed by atoms with Gasteiger partial charge >= 0.3 is 0 Å². The molecule has 1 unspecified atom stereocenters. The molecule has 5 nitrogen and oxygen atoms in total. The molecule has 1 atom stereocenters. The molecule has 0 saturated carbocycles. The van der Waals surface area contributed by atoms with Crippen LogP contribution in [-0.4, -0.2) is 28.0 Å². The summed E-state index contributed by atoms with van der Waals surface area (Å²) in [6.45, 7) is 1.99. The standard InChI is InChI=1S/C23H26N4O/c1-2-6-21(7-3-1)28-23-22(25-15-16-26-23)27-17-4-5-19(12-18-27)8-9-20-10-13-24-14-11-20/h1-3,6-7,10-11,13-16,19H,4-5,8-9,12,17-18H2. The lowest BCUT2D eigenvalue weighted by Crippen LogP contribution is -2.26. The van der Waals surface area contributed by atoms with Crippen LogP contribution in [0.1, 0.15) is 31.2 Å². The normalized spacial score (nSPS) is 17.1. The monoisotopic (exact) mass is 374 g/mol. The van der Waals surface area contributed by atoms with Crippen LogP contribution in [0.25, 0.3) is 0 Å². The van der Waals surface area contributed by atoms with Crippen molar-refractivity contribution in [1.82, 2.24) is 15.0 Å². The maximum absolute atomic E-state index is 6.01. The molecule has 0 radical (unpaired) electrons. The number of pyridine rings is 1. The maximum atomic E-state index is 6.01. The average molecular weight is 374 g/mol. The molecule has 2 aromatic heterocycles. The van der Waals surface area contributed by atoms with E-state index in [0.29, 0.717) is 5.88 Å². The van der Waals surface area contributed by atoms with E-state index in [9.17, 15) is 0 Å². The first-order valence-electron chi connectivity index (χ1n) is 10.1. The van der Waals surface area contributed by atoms with E-state index in [2.05, 4.69) is 32.0 Å². The van der Waals surface area contributed by atoms with E-state index in [0.717, 1.165) is 37.0 Å². The van der Waals surface area contributed by atoms with Crippen LogP contribution in [0, 0.1) is 5.92 Å². The fourth-order valence-corrected chi connectivity index (χ4v) is 3.79. The third kappa shape index (κ3) is 4.85. The highest BCUT2D eigenvalue weighted by atomic mass is 16.5. The molecule has 1 saturated heterocycles. The number of nitrogens with zero attached hydrogens (tertiary/aromatic N) is 4. The van der Waals surface area contributed by atoms with Gasteiger partial charge in [-0.1, -0.05) is 18.2 Å². The van der Waals surface area contributed by atoms with Gasteiger partial charge in [0.05, 0.1) is 0 Å². The molecule has 28 heavy (non-hydrogen) atoms. The van der Waals surface area contributed by atoms with Gasteiger partial charge in [0.1, 0.15) is 5.75 Å². The third-order valence-electron chi connectivity index (χ3n) is 5.34. The molecule has 4 rings (SSSR count). The topological polar surface area (TPSA) is 51.1 Å². The van der Waals surface area contributed by atoms with Crippen LogP contribution in [0.5, 0.6) is 11.6 Å². The molecule has 1 aromatic carbocycles. The highest BCUT2D eigenvalue weighted by molar-refractivity contribution is 5.49. The number of hydrogen-bond acceptors (Lipinski definition) is 5. The molecule has 0 N–H and O–H groups in total. The minimum Gasteiger partial charge on any atom is -0.436 e. The van der Waals surface area contributed by atoms with Gasteiger partial charge in [0.2, 0.25) is 0 Å². The summed E-state index contributed by atoms with van der Waals surface area (Å²) in [7, 11) is 0. The largest absolute Gasteiger partial charge is 0.436 e. The predicted molar refractivity (Wildman–Crippen MR) is 111 cm³/mol. The smallest absolute Gasteiger partial charge is 0.263 e. The average Bonchev–Trinajstić information content (AvgIpc) is 3.00. The van der Waals surface area contributed by atoms with Crippen LogP contribution >= 0.6 is 0 Å². The Bertz CT molecular complexity index is 857. The first kappa shape index (κ1) is 18.4. The van der Waals surface area contributed by atoms with Gasteiger partial charge in [-0.05, 0) is 67.9 Å². The number of rotatable bonds is 6. The summed E-state index contributed by atoms with van der Waals surface area (Å²) in [5.74, 6) is 2.97. The van der Waals surface area contributed by atoms with Crippen molar-refractivity contribution >= 4 is 5.82 Å². The van der Waals surface area contributed by atoms with Crippen molar-refractivity contribution in [2.75, 3.05) is 18.0 Å². The first-order valence-corrected chi connectivity index (χ1v) is 10.1. The zero-order valence-corrected chi connectivity index (χ0v) is 16.1. The van der Waals surface area contributed by atoms with Gasteiger partial charge in [0.25, 0.3) is 5.88 Å². The minimum absolute atomic E-state index is 0.587. The lowest BCUT2D eigenvalue weighted by Gasteiger charge is -2.23. The minimum atomic E-state index is 0.587. The van der Waals surface area contributed by atoms with E-state index in [1.54, 1.807) is 12.4 Å². The van der Waals surface area contributed by atoms with Crippen LogP contribution in [0.15, 0.2) is 67.3 Å². The van der Waals surface area contributed by atoms with Crippen LogP contribution in [0.3, 0.4) is 0 Å². The molecule has 5 heteroatoms. The Morgan fingerprint density at radius 3 is 2.57 bits per heavy atom. The molecule has 3 heterocycles. The Morgan fingerprint density at radius 2 is 1.71 bits per heavy atom. The van der Waals surface area contributed by atoms with Crippen molar-refractivity contribution < 1.29 is 4.74 Å². The Balaban J connectivity index is 1.39. The Morgan fingerprint density at radius 1 is 0.893 bits per heavy atom. The second kappa shape index (κ2) is 9.31. The van der Waals surface area contributed by atoms with Gasteiger partial charge in [-0.3, -0.25) is 4.98 Å². The van der Waals surface area contributed by atoms with Crippen molar-refractivity contribution in [3.63, 3.8) is 0 Å². The molecule has 1 aliphatic heterocycles. The van der Waals surface area contributed by atoms with E-state index >= 15 is 0 Å². The SMILES string of the molecule is c1ccc(Oc2nccnc2N2CCCC(CCc3ccncc3)CC2)cc1. The highest BCUT2D eigenvalue weighted by Gasteiger charge is 2.21. The molecule has 0 amide bonds. The van der Waals surface area contributed by atoms with Crippen molar-refractivity contribution in [3.8, 4) is 11.6 Å². The van der Waals surface area contributed by atoms with Crippen molar-refractivity contribution in [2.24, 2.45) is 5.92 Å². The summed E-state index contributed by atoms with van der Waals surface area (Å²) in [5, 5.41) is 0. The molecular weight excluding hydrogens is 348 g/mol. The van der Waals surface area contributed by atoms with Gasteiger partial charge in [0.15, 0.2) is 5.82 Å². The number of hydrogen-bond donors (Lipinski definition) is 0. The second-order valence-corrected chi connectivity index (χ2v) is 7.28. The van der Waals surface area contributed by atoms with Gasteiger partial charge in [-0.25, -0.2) is 9.97 Å². The Kier molecular flexibility index (Phi) is 6.12. The molecular formula is C23H26N4O. The van der Waals surface area contributed by atoms with Gasteiger partial charge in [0, 0.05) is 37.9 Å². The lowest BCUT2D eigenvalue weighted by molar-refractivity contribution is 0.439. The first-order chi connectivity index (χ1) is 13.9. The highest BCUT2D eigenvalue weighted by Crippen LogP contribution is 2.31. The van der Waals surface area contributed by atoms with Crippen LogP contribution in [-0.2, 0) is 6.42 Å². The zero-order valence-electron chi connectivity index (χ0n) is 16.1. The molecule has 0 spiro atoms. The summed E-state index contributed by atoms with van der Waals surface area (Å²) in [4.78, 5) is 15.5. The van der Waals surface area contributed by atoms with Crippen LogP contribution < -0.4 is 9.64 Å². The molecule has 1 fully saturated rings. The maximum Gasteiger partial charge on any atom is 0.263 e. The van der Waals surface area contributed by atoms with E-state index < -0.39 is 0 Å². The summed E-state index contributed by atoms with van der Waals surface area (Å²) in [6, 6.07) is 14.0. The number of anilines is 1. The molecule has 1 aliphatic rings. The summed E-state index contributed by atoms with van der Waals surface area (Å²) in [5.41, 5.74) is 1.38. The zero-order chi connectivity index (χ0) is 19.0. The third-order valence-corrected chi connectivity index (χ3v) is 5.34. The number of para-hydroxylation sites is 1. The molecule has 144 valence electrons. The molecule has 0 aliphatic carbocycles. The van der Waals surface area contributed by atoms with Crippen molar-refractivity contribution in [1.29, 1.82) is 0 Å². The number of aryl methyl sites for hydroxylation is 1. The van der Waals surface area contributed by atoms with Gasteiger partial charge in [-0.2, -0.15) is 0 Å². The fourth-order valence-electron chi connectivity index (χ4n) is 3.79. The number of ether oxygens (including phenoxy) is 1. The predicted octanol–water partition coefficient (Wildman–Crippen LogP) is 4.90. The van der Waals surface area contributed by atoms with E-state index in [1.807, 2.05) is 42.7 Å². The molecule has 0 bridgehead atoms. The van der Waals surface area contributed by atoms with Crippen molar-refractivity contribution in [2.45, 2.75) is 32.1 Å². The van der Waals surface area contributed by atoms with Gasteiger partial charge < -0.3 is 9.64 Å². The van der Waals surface area contributed by atoms with E-state index in [4.69, 9.17) is 4.74 Å². The second-order valence-electron chi connectivity index (χ2n) is 7.28. The van der Waals surface area contributed by atoms with Gasteiger partial charge in [-0.15, -0.1) is 0 Å². The summed E-state index contributed by atoms with van der Waals surface area (Å²) in [6.07, 6.45) is 13.2. The fraction of sp³-hybridized carbons (Fsp3) is 0.348. The summed E-state index contributed by atoms with van der Waals surface area (Å²) >= 11 is 0. The van der Waals surface area contributed by atoms with Crippen LogP contribution in [0.2, 0.25) is 0 Å². The van der Waals surface area contributed by atoms with Crippen LogP contribution in [0.4, 0.5) is 5.82 Å². The quantitative estimate of drug-likeness (QED) is 0.614. The van der Waals surface area contributed by atoms with Crippen molar-refractivity contribution in [3.05, 3.63) is 72.8 Å².